The van der Waals surface area contributed by atoms with Gasteiger partial charge in [-0.15, -0.1) is 0 Å². The molecule has 0 aliphatic carbocycles. The van der Waals surface area contributed by atoms with E-state index < -0.39 is 0 Å². The van der Waals surface area contributed by atoms with Crippen molar-refractivity contribution in [3.8, 4) is 0 Å². The summed E-state index contributed by atoms with van der Waals surface area (Å²) in [5.74, 6) is 0.995. The van der Waals surface area contributed by atoms with Crippen LogP contribution in [0.1, 0.15) is 31.4 Å². The predicted octanol–water partition coefficient (Wildman–Crippen LogP) is 2.37. The Morgan fingerprint density at radius 2 is 1.71 bits per heavy atom. The molecule has 24 heavy (non-hydrogen) atoms. The van der Waals surface area contributed by atoms with Gasteiger partial charge in [0, 0.05) is 53.0 Å². The molecular formula is C19H32N4O. The van der Waals surface area contributed by atoms with Crippen LogP contribution in [0.25, 0.3) is 0 Å². The zero-order valence-corrected chi connectivity index (χ0v) is 15.7. The number of aliphatic imine (C=N–C) groups is 1. The van der Waals surface area contributed by atoms with E-state index in [9.17, 15) is 0 Å². The van der Waals surface area contributed by atoms with Gasteiger partial charge in [0.15, 0.2) is 5.96 Å². The zero-order valence-electron chi connectivity index (χ0n) is 15.7. The first-order chi connectivity index (χ1) is 11.4. The van der Waals surface area contributed by atoms with Gasteiger partial charge in [-0.2, -0.15) is 0 Å². The molecule has 1 aromatic rings. The number of rotatable bonds is 5. The van der Waals surface area contributed by atoms with Gasteiger partial charge < -0.3 is 19.9 Å². The van der Waals surface area contributed by atoms with Gasteiger partial charge in [-0.05, 0) is 25.3 Å². The second kappa shape index (κ2) is 8.49. The standard InChI is InChI=1S/C19H32N4O/c1-16(17-9-7-6-8-10-17)21-19(11-13-24-14-12-19)15-20-18(22(2)3)23(4)5/h6-10,16,21H,11-15H2,1-5H3. The maximum Gasteiger partial charge on any atom is 0.195 e. The van der Waals surface area contributed by atoms with Gasteiger partial charge in [-0.1, -0.05) is 30.3 Å². The Bertz CT molecular complexity index is 511. The van der Waals surface area contributed by atoms with Crippen molar-refractivity contribution in [2.75, 3.05) is 47.9 Å². The van der Waals surface area contributed by atoms with Crippen molar-refractivity contribution in [1.29, 1.82) is 0 Å². The molecule has 5 heteroatoms. The molecule has 1 aliphatic heterocycles. The minimum atomic E-state index is -0.00915. The Morgan fingerprint density at radius 3 is 2.25 bits per heavy atom. The maximum absolute atomic E-state index is 5.60. The van der Waals surface area contributed by atoms with Gasteiger partial charge in [0.2, 0.25) is 0 Å². The van der Waals surface area contributed by atoms with E-state index >= 15 is 0 Å². The number of nitrogens with zero attached hydrogens (tertiary/aromatic N) is 3. The first-order valence-corrected chi connectivity index (χ1v) is 8.73. The molecule has 0 amide bonds. The van der Waals surface area contributed by atoms with E-state index in [1.54, 1.807) is 0 Å². The van der Waals surface area contributed by atoms with Crippen molar-refractivity contribution >= 4 is 5.96 Å². The molecule has 1 aromatic carbocycles. The van der Waals surface area contributed by atoms with E-state index in [1.165, 1.54) is 5.56 Å². The van der Waals surface area contributed by atoms with Crippen molar-refractivity contribution in [3.05, 3.63) is 35.9 Å². The first kappa shape index (κ1) is 18.7. The van der Waals surface area contributed by atoms with Gasteiger partial charge >= 0.3 is 0 Å². The molecule has 1 saturated heterocycles. The summed E-state index contributed by atoms with van der Waals surface area (Å²) >= 11 is 0. The molecule has 5 nitrogen and oxygen atoms in total. The van der Waals surface area contributed by atoms with E-state index in [2.05, 4.69) is 52.4 Å². The summed E-state index contributed by atoms with van der Waals surface area (Å²) in [4.78, 5) is 9.04. The van der Waals surface area contributed by atoms with Crippen LogP contribution in [0.4, 0.5) is 0 Å². The third kappa shape index (κ3) is 4.95. The zero-order chi connectivity index (χ0) is 17.6. The quantitative estimate of drug-likeness (QED) is 0.664. The van der Waals surface area contributed by atoms with E-state index in [1.807, 2.05) is 28.2 Å². The fourth-order valence-corrected chi connectivity index (χ4v) is 3.30. The molecule has 0 aromatic heterocycles. The molecule has 0 bridgehead atoms. The van der Waals surface area contributed by atoms with Crippen LogP contribution in [0.5, 0.6) is 0 Å². The van der Waals surface area contributed by atoms with Crippen LogP contribution < -0.4 is 5.32 Å². The number of ether oxygens (including phenoxy) is 1. The fraction of sp³-hybridized carbons (Fsp3) is 0.632. The van der Waals surface area contributed by atoms with E-state index in [0.717, 1.165) is 38.6 Å². The molecule has 1 fully saturated rings. The normalized spacial score (nSPS) is 17.9. The Balaban J connectivity index is 2.15. The highest BCUT2D eigenvalue weighted by atomic mass is 16.5. The molecule has 0 spiro atoms. The van der Waals surface area contributed by atoms with Gasteiger partial charge in [0.05, 0.1) is 6.54 Å². The van der Waals surface area contributed by atoms with Gasteiger partial charge in [-0.25, -0.2) is 0 Å². The van der Waals surface area contributed by atoms with Gasteiger partial charge in [0.25, 0.3) is 0 Å². The van der Waals surface area contributed by atoms with Gasteiger partial charge in [-0.3, -0.25) is 4.99 Å². The molecule has 1 N–H and O–H groups in total. The number of guanidine groups is 1. The summed E-state index contributed by atoms with van der Waals surface area (Å²) < 4.78 is 5.60. The summed E-state index contributed by atoms with van der Waals surface area (Å²) in [6.07, 6.45) is 1.98. The third-order valence-electron chi connectivity index (χ3n) is 4.60. The average molecular weight is 332 g/mol. The summed E-state index contributed by atoms with van der Waals surface area (Å²) in [6, 6.07) is 10.9. The lowest BCUT2D eigenvalue weighted by Crippen LogP contribution is -2.53. The lowest BCUT2D eigenvalue weighted by molar-refractivity contribution is 0.0373. The summed E-state index contributed by atoms with van der Waals surface area (Å²) in [6.45, 7) is 4.58. The fourth-order valence-electron chi connectivity index (χ4n) is 3.30. The number of nitrogens with one attached hydrogen (secondary N) is 1. The Hall–Kier alpha value is -1.59. The molecule has 2 rings (SSSR count). The van der Waals surface area contributed by atoms with Crippen LogP contribution in [0.2, 0.25) is 0 Å². The van der Waals surface area contributed by atoms with E-state index in [4.69, 9.17) is 9.73 Å². The minimum absolute atomic E-state index is 0.00915. The van der Waals surface area contributed by atoms with Crippen LogP contribution in [0.15, 0.2) is 35.3 Å². The monoisotopic (exact) mass is 332 g/mol. The number of hydrogen-bond donors (Lipinski definition) is 1. The van der Waals surface area contributed by atoms with Crippen LogP contribution in [-0.4, -0.2) is 69.2 Å². The molecule has 0 saturated carbocycles. The summed E-state index contributed by atoms with van der Waals surface area (Å²) in [5.41, 5.74) is 1.30. The molecule has 1 heterocycles. The summed E-state index contributed by atoms with van der Waals surface area (Å²) in [5, 5.41) is 3.86. The second-order valence-corrected chi connectivity index (χ2v) is 7.07. The number of benzene rings is 1. The van der Waals surface area contributed by atoms with Crippen molar-refractivity contribution in [2.45, 2.75) is 31.3 Å². The van der Waals surface area contributed by atoms with E-state index in [0.29, 0.717) is 6.04 Å². The smallest absolute Gasteiger partial charge is 0.195 e. The lowest BCUT2D eigenvalue weighted by Gasteiger charge is -2.40. The average Bonchev–Trinajstić information content (AvgIpc) is 2.56. The molecule has 1 unspecified atom stereocenters. The largest absolute Gasteiger partial charge is 0.381 e. The SMILES string of the molecule is CC(NC1(CN=C(N(C)C)N(C)C)CCOCC1)c1ccccc1. The highest BCUT2D eigenvalue weighted by Crippen LogP contribution is 2.26. The predicted molar refractivity (Wildman–Crippen MR) is 100 cm³/mol. The molecule has 1 atom stereocenters. The number of hydrogen-bond acceptors (Lipinski definition) is 3. The summed E-state index contributed by atoms with van der Waals surface area (Å²) in [7, 11) is 8.15. The van der Waals surface area contributed by atoms with Gasteiger partial charge in [0.1, 0.15) is 0 Å². The molecule has 0 radical (unpaired) electrons. The minimum Gasteiger partial charge on any atom is -0.381 e. The van der Waals surface area contributed by atoms with Crippen molar-refractivity contribution < 1.29 is 4.74 Å². The highest BCUT2D eigenvalue weighted by molar-refractivity contribution is 5.79. The molecule has 1 aliphatic rings. The van der Waals surface area contributed by atoms with Crippen LogP contribution in [0, 0.1) is 0 Å². The second-order valence-electron chi connectivity index (χ2n) is 7.07. The molecule has 134 valence electrons. The Kier molecular flexibility index (Phi) is 6.63. The topological polar surface area (TPSA) is 40.1 Å². The Labute approximate surface area is 146 Å². The van der Waals surface area contributed by atoms with Crippen molar-refractivity contribution in [3.63, 3.8) is 0 Å². The van der Waals surface area contributed by atoms with Crippen LogP contribution in [0.3, 0.4) is 0 Å². The lowest BCUT2D eigenvalue weighted by atomic mass is 9.88. The van der Waals surface area contributed by atoms with E-state index in [-0.39, 0.29) is 5.54 Å². The third-order valence-corrected chi connectivity index (χ3v) is 4.60. The van der Waals surface area contributed by atoms with Crippen molar-refractivity contribution in [1.82, 2.24) is 15.1 Å². The molecular weight excluding hydrogens is 300 g/mol. The van der Waals surface area contributed by atoms with Crippen LogP contribution in [-0.2, 0) is 4.74 Å². The van der Waals surface area contributed by atoms with Crippen molar-refractivity contribution in [2.24, 2.45) is 4.99 Å². The first-order valence-electron chi connectivity index (χ1n) is 8.73. The highest BCUT2D eigenvalue weighted by Gasteiger charge is 2.34. The maximum atomic E-state index is 5.60. The Morgan fingerprint density at radius 1 is 1.12 bits per heavy atom. The van der Waals surface area contributed by atoms with Crippen LogP contribution >= 0.6 is 0 Å².